The van der Waals surface area contributed by atoms with Crippen molar-refractivity contribution in [1.29, 1.82) is 0 Å². The smallest absolute Gasteiger partial charge is 0.149 e. The molecule has 0 bridgehead atoms. The predicted octanol–water partition coefficient (Wildman–Crippen LogP) is 1.92. The predicted molar refractivity (Wildman–Crippen MR) is 59.9 cm³/mol. The molecule has 0 aliphatic carbocycles. The number of ether oxygens (including phenoxy) is 1. The number of hydrogen-bond donors (Lipinski definition) is 2. The van der Waals surface area contributed by atoms with Gasteiger partial charge in [-0.15, -0.1) is 0 Å². The highest BCUT2D eigenvalue weighted by molar-refractivity contribution is 5.45. The molecule has 1 fully saturated rings. The molecule has 94 valence electrons. The summed E-state index contributed by atoms with van der Waals surface area (Å²) in [4.78, 5) is 0. The number of rotatable bonds is 3. The van der Waals surface area contributed by atoms with E-state index in [1.54, 1.807) is 0 Å². The minimum atomic E-state index is -0.876. The zero-order valence-electron chi connectivity index (χ0n) is 9.38. The molecule has 0 amide bonds. The summed E-state index contributed by atoms with van der Waals surface area (Å²) in [6.45, 7) is 1.24. The Morgan fingerprint density at radius 1 is 1.29 bits per heavy atom. The lowest BCUT2D eigenvalue weighted by atomic mass is 9.94. The molecule has 0 radical (unpaired) electrons. The summed E-state index contributed by atoms with van der Waals surface area (Å²) in [5.41, 5.74) is -0.676. The van der Waals surface area contributed by atoms with Crippen LogP contribution in [0.5, 0.6) is 0 Å². The molecule has 0 saturated carbocycles. The Morgan fingerprint density at radius 2 is 2.00 bits per heavy atom. The average Bonchev–Trinajstić information content (AvgIpc) is 2.29. The molecule has 2 N–H and O–H groups in total. The van der Waals surface area contributed by atoms with E-state index in [4.69, 9.17) is 4.74 Å². The molecule has 0 atom stereocenters. The molecular formula is C12H15F2NO2. The quantitative estimate of drug-likeness (QED) is 0.852. The van der Waals surface area contributed by atoms with Crippen LogP contribution >= 0.6 is 0 Å². The molecule has 3 nitrogen and oxygen atoms in total. The van der Waals surface area contributed by atoms with Gasteiger partial charge in [-0.25, -0.2) is 8.78 Å². The van der Waals surface area contributed by atoms with Gasteiger partial charge >= 0.3 is 0 Å². The highest BCUT2D eigenvalue weighted by Crippen LogP contribution is 2.22. The van der Waals surface area contributed by atoms with Gasteiger partial charge in [0.2, 0.25) is 0 Å². The van der Waals surface area contributed by atoms with Gasteiger partial charge in [-0.3, -0.25) is 0 Å². The number of benzene rings is 1. The molecule has 1 saturated heterocycles. The molecule has 1 aromatic carbocycles. The van der Waals surface area contributed by atoms with E-state index in [1.807, 2.05) is 0 Å². The molecule has 0 spiro atoms. The Balaban J connectivity index is 1.97. The fourth-order valence-electron chi connectivity index (χ4n) is 1.82. The summed E-state index contributed by atoms with van der Waals surface area (Å²) in [5.74, 6) is -1.27. The third kappa shape index (κ3) is 3.14. The molecule has 2 rings (SSSR count). The lowest BCUT2D eigenvalue weighted by molar-refractivity contribution is -0.0543. The lowest BCUT2D eigenvalue weighted by Crippen LogP contribution is -2.42. The third-order valence-electron chi connectivity index (χ3n) is 2.96. The number of halogens is 2. The summed E-state index contributed by atoms with van der Waals surface area (Å²) >= 11 is 0. The van der Waals surface area contributed by atoms with Crippen LogP contribution in [-0.2, 0) is 4.74 Å². The Labute approximate surface area is 98.4 Å². The minimum absolute atomic E-state index is 0.200. The summed E-state index contributed by atoms with van der Waals surface area (Å²) in [7, 11) is 0. The summed E-state index contributed by atoms with van der Waals surface area (Å²) in [6, 6.07) is 3.32. The first-order valence-corrected chi connectivity index (χ1v) is 5.58. The normalized spacial score (nSPS) is 19.0. The largest absolute Gasteiger partial charge is 0.388 e. The van der Waals surface area contributed by atoms with Crippen LogP contribution in [0.25, 0.3) is 0 Å². The monoisotopic (exact) mass is 243 g/mol. The van der Waals surface area contributed by atoms with Crippen molar-refractivity contribution in [3.63, 3.8) is 0 Å². The van der Waals surface area contributed by atoms with Gasteiger partial charge in [0.15, 0.2) is 0 Å². The van der Waals surface area contributed by atoms with E-state index in [-0.39, 0.29) is 12.2 Å². The summed E-state index contributed by atoms with van der Waals surface area (Å²) in [6.07, 6.45) is 1.03. The summed E-state index contributed by atoms with van der Waals surface area (Å²) in [5, 5.41) is 12.9. The molecule has 0 aromatic heterocycles. The average molecular weight is 243 g/mol. The maximum atomic E-state index is 13.3. The van der Waals surface area contributed by atoms with E-state index in [1.165, 1.54) is 12.1 Å². The summed E-state index contributed by atoms with van der Waals surface area (Å²) < 4.78 is 31.1. The van der Waals surface area contributed by atoms with Crippen molar-refractivity contribution < 1.29 is 18.6 Å². The van der Waals surface area contributed by atoms with Gasteiger partial charge in [0, 0.05) is 38.7 Å². The van der Waals surface area contributed by atoms with Crippen LogP contribution in [0.1, 0.15) is 12.8 Å². The molecule has 1 aliphatic heterocycles. The molecular weight excluding hydrogens is 228 g/mol. The van der Waals surface area contributed by atoms with Crippen LogP contribution in [0, 0.1) is 11.6 Å². The Bertz CT molecular complexity index is 392. The first-order chi connectivity index (χ1) is 8.09. The van der Waals surface area contributed by atoms with E-state index < -0.39 is 17.2 Å². The fourth-order valence-corrected chi connectivity index (χ4v) is 1.82. The zero-order chi connectivity index (χ0) is 12.3. The Kier molecular flexibility index (Phi) is 3.59. The van der Waals surface area contributed by atoms with Gasteiger partial charge < -0.3 is 15.2 Å². The van der Waals surface area contributed by atoms with Crippen LogP contribution in [0.2, 0.25) is 0 Å². The maximum absolute atomic E-state index is 13.3. The second-order valence-electron chi connectivity index (χ2n) is 4.31. The standard InChI is InChI=1S/C12H15F2NO2/c13-9-1-2-11(10(14)7-9)15-8-12(16)3-5-17-6-4-12/h1-2,7,15-16H,3-6,8H2. The molecule has 17 heavy (non-hydrogen) atoms. The van der Waals surface area contributed by atoms with Crippen LogP contribution in [0.4, 0.5) is 14.5 Å². The molecule has 1 aliphatic rings. The van der Waals surface area contributed by atoms with Gasteiger partial charge in [0.1, 0.15) is 11.6 Å². The first kappa shape index (κ1) is 12.3. The van der Waals surface area contributed by atoms with Crippen LogP contribution in [0.15, 0.2) is 18.2 Å². The third-order valence-corrected chi connectivity index (χ3v) is 2.96. The highest BCUT2D eigenvalue weighted by atomic mass is 19.1. The van der Waals surface area contributed by atoms with E-state index in [2.05, 4.69) is 5.32 Å². The topological polar surface area (TPSA) is 41.5 Å². The lowest BCUT2D eigenvalue weighted by Gasteiger charge is -2.32. The van der Waals surface area contributed by atoms with Crippen molar-refractivity contribution in [2.24, 2.45) is 0 Å². The number of nitrogens with one attached hydrogen (secondary N) is 1. The Hall–Kier alpha value is -1.20. The van der Waals surface area contributed by atoms with Crippen molar-refractivity contribution in [1.82, 2.24) is 0 Å². The van der Waals surface area contributed by atoms with Crippen molar-refractivity contribution >= 4 is 5.69 Å². The van der Waals surface area contributed by atoms with E-state index in [9.17, 15) is 13.9 Å². The van der Waals surface area contributed by atoms with Gasteiger partial charge in [0.05, 0.1) is 11.3 Å². The van der Waals surface area contributed by atoms with E-state index in [0.29, 0.717) is 26.1 Å². The number of hydrogen-bond acceptors (Lipinski definition) is 3. The second kappa shape index (κ2) is 4.98. The molecule has 5 heteroatoms. The number of anilines is 1. The Morgan fingerprint density at radius 3 is 2.65 bits per heavy atom. The van der Waals surface area contributed by atoms with Gasteiger partial charge in [0.25, 0.3) is 0 Å². The minimum Gasteiger partial charge on any atom is -0.388 e. The first-order valence-electron chi connectivity index (χ1n) is 5.58. The maximum Gasteiger partial charge on any atom is 0.149 e. The SMILES string of the molecule is OC1(CNc2ccc(F)cc2F)CCOCC1. The van der Waals surface area contributed by atoms with Gasteiger partial charge in [-0.2, -0.15) is 0 Å². The van der Waals surface area contributed by atoms with Crippen molar-refractivity contribution in [2.45, 2.75) is 18.4 Å². The van der Waals surface area contributed by atoms with Crippen LogP contribution in [-0.4, -0.2) is 30.5 Å². The van der Waals surface area contributed by atoms with Crippen molar-refractivity contribution in [2.75, 3.05) is 25.1 Å². The second-order valence-corrected chi connectivity index (χ2v) is 4.31. The van der Waals surface area contributed by atoms with Gasteiger partial charge in [-0.1, -0.05) is 0 Å². The molecule has 0 unspecified atom stereocenters. The highest BCUT2D eigenvalue weighted by Gasteiger charge is 2.29. The van der Waals surface area contributed by atoms with E-state index >= 15 is 0 Å². The van der Waals surface area contributed by atoms with Crippen LogP contribution < -0.4 is 5.32 Å². The van der Waals surface area contributed by atoms with Gasteiger partial charge in [-0.05, 0) is 12.1 Å². The fraction of sp³-hybridized carbons (Fsp3) is 0.500. The molecule has 1 heterocycles. The van der Waals surface area contributed by atoms with Crippen molar-refractivity contribution in [3.05, 3.63) is 29.8 Å². The zero-order valence-corrected chi connectivity index (χ0v) is 9.38. The number of aliphatic hydroxyl groups is 1. The van der Waals surface area contributed by atoms with Crippen LogP contribution in [0.3, 0.4) is 0 Å². The van der Waals surface area contributed by atoms with E-state index in [0.717, 1.165) is 6.07 Å². The molecule has 1 aromatic rings. The van der Waals surface area contributed by atoms with Crippen molar-refractivity contribution in [3.8, 4) is 0 Å².